The third kappa shape index (κ3) is 1.97. The van der Waals surface area contributed by atoms with Crippen molar-refractivity contribution in [2.75, 3.05) is 6.61 Å². The molecule has 0 radical (unpaired) electrons. The van der Waals surface area contributed by atoms with Gasteiger partial charge < -0.3 is 9.67 Å². The summed E-state index contributed by atoms with van der Waals surface area (Å²) in [5, 5.41) is 19.1. The average Bonchev–Trinajstić information content (AvgIpc) is 2.12. The smallest absolute Gasteiger partial charge is 0.286 e. The van der Waals surface area contributed by atoms with Gasteiger partial charge in [-0.05, 0) is 6.92 Å². The quantitative estimate of drug-likeness (QED) is 0.549. The summed E-state index contributed by atoms with van der Waals surface area (Å²) in [7, 11) is 0. The van der Waals surface area contributed by atoms with E-state index in [1.807, 2.05) is 0 Å². The SMILES string of the molecule is Cc1cc([N+](=O)[O-])cn(CCO)c1=O. The molecular formula is C8H10N2O4. The van der Waals surface area contributed by atoms with Crippen LogP contribution in [0.4, 0.5) is 5.69 Å². The molecule has 1 N–H and O–H groups in total. The van der Waals surface area contributed by atoms with Crippen LogP contribution in [0.3, 0.4) is 0 Å². The molecule has 0 fully saturated rings. The van der Waals surface area contributed by atoms with Crippen LogP contribution in [0, 0.1) is 17.0 Å². The van der Waals surface area contributed by atoms with Gasteiger partial charge in [0.25, 0.3) is 11.2 Å². The van der Waals surface area contributed by atoms with E-state index in [0.29, 0.717) is 5.56 Å². The van der Waals surface area contributed by atoms with E-state index in [9.17, 15) is 14.9 Å². The second-order valence-electron chi connectivity index (χ2n) is 2.86. The van der Waals surface area contributed by atoms with Crippen molar-refractivity contribution in [2.45, 2.75) is 13.5 Å². The molecule has 0 bridgehead atoms. The number of nitrogens with zero attached hydrogens (tertiary/aromatic N) is 2. The Kier molecular flexibility index (Phi) is 2.98. The number of nitro groups is 1. The Morgan fingerprint density at radius 2 is 2.29 bits per heavy atom. The van der Waals surface area contributed by atoms with Crippen LogP contribution in [0.15, 0.2) is 17.1 Å². The molecule has 1 heterocycles. The lowest BCUT2D eigenvalue weighted by Gasteiger charge is -2.03. The van der Waals surface area contributed by atoms with Gasteiger partial charge in [-0.1, -0.05) is 0 Å². The number of aliphatic hydroxyl groups excluding tert-OH is 1. The van der Waals surface area contributed by atoms with Crippen molar-refractivity contribution in [3.63, 3.8) is 0 Å². The number of aryl methyl sites for hydroxylation is 1. The Hall–Kier alpha value is -1.69. The van der Waals surface area contributed by atoms with Gasteiger partial charge in [-0.3, -0.25) is 14.9 Å². The van der Waals surface area contributed by atoms with Crippen molar-refractivity contribution in [1.82, 2.24) is 4.57 Å². The summed E-state index contributed by atoms with van der Waals surface area (Å²) >= 11 is 0. The fourth-order valence-electron chi connectivity index (χ4n) is 1.14. The van der Waals surface area contributed by atoms with Crippen LogP contribution in [0.5, 0.6) is 0 Å². The third-order valence-corrected chi connectivity index (χ3v) is 1.80. The van der Waals surface area contributed by atoms with Gasteiger partial charge in [0.15, 0.2) is 0 Å². The van der Waals surface area contributed by atoms with Gasteiger partial charge >= 0.3 is 0 Å². The number of hydrogen-bond donors (Lipinski definition) is 1. The minimum absolute atomic E-state index is 0.0708. The van der Waals surface area contributed by atoms with Crippen LogP contribution in [0.2, 0.25) is 0 Å². The van der Waals surface area contributed by atoms with Gasteiger partial charge in [0, 0.05) is 18.2 Å². The summed E-state index contributed by atoms with van der Waals surface area (Å²) in [6.45, 7) is 1.35. The van der Waals surface area contributed by atoms with Gasteiger partial charge in [0.2, 0.25) is 0 Å². The average molecular weight is 198 g/mol. The summed E-state index contributed by atoms with van der Waals surface area (Å²) in [5.41, 5.74) is -0.159. The van der Waals surface area contributed by atoms with E-state index < -0.39 is 4.92 Å². The van der Waals surface area contributed by atoms with Crippen LogP contribution >= 0.6 is 0 Å². The molecule has 0 atom stereocenters. The fourth-order valence-corrected chi connectivity index (χ4v) is 1.14. The van der Waals surface area contributed by atoms with Crippen LogP contribution in [0.25, 0.3) is 0 Å². The zero-order valence-corrected chi connectivity index (χ0v) is 7.64. The highest BCUT2D eigenvalue weighted by molar-refractivity contribution is 5.30. The predicted molar refractivity (Wildman–Crippen MR) is 49.2 cm³/mol. The Bertz CT molecular complexity index is 410. The fraction of sp³-hybridized carbons (Fsp3) is 0.375. The van der Waals surface area contributed by atoms with Crippen molar-refractivity contribution in [2.24, 2.45) is 0 Å². The highest BCUT2D eigenvalue weighted by Gasteiger charge is 2.10. The minimum atomic E-state index is -0.569. The van der Waals surface area contributed by atoms with Crippen molar-refractivity contribution in [3.05, 3.63) is 38.3 Å². The Morgan fingerprint density at radius 1 is 1.64 bits per heavy atom. The molecule has 14 heavy (non-hydrogen) atoms. The van der Waals surface area contributed by atoms with E-state index in [1.165, 1.54) is 13.0 Å². The molecule has 1 aromatic heterocycles. The van der Waals surface area contributed by atoms with Gasteiger partial charge in [-0.2, -0.15) is 0 Å². The Morgan fingerprint density at radius 3 is 2.79 bits per heavy atom. The summed E-state index contributed by atoms with van der Waals surface area (Å²) in [5.74, 6) is 0. The lowest BCUT2D eigenvalue weighted by Crippen LogP contribution is -2.23. The van der Waals surface area contributed by atoms with Crippen molar-refractivity contribution in [3.8, 4) is 0 Å². The zero-order chi connectivity index (χ0) is 10.7. The molecule has 1 aromatic rings. The molecule has 0 amide bonds. The molecule has 0 aliphatic heterocycles. The number of aromatic nitrogens is 1. The van der Waals surface area contributed by atoms with Crippen molar-refractivity contribution in [1.29, 1.82) is 0 Å². The molecule has 0 saturated carbocycles. The highest BCUT2D eigenvalue weighted by Crippen LogP contribution is 2.09. The summed E-state index contributed by atoms with van der Waals surface area (Å²) in [6, 6.07) is 1.22. The molecule has 0 saturated heterocycles. The normalized spacial score (nSPS) is 10.1. The minimum Gasteiger partial charge on any atom is -0.395 e. The maximum absolute atomic E-state index is 11.4. The standard InChI is InChI=1S/C8H10N2O4/c1-6-4-7(10(13)14)5-9(2-3-11)8(6)12/h4-5,11H,2-3H2,1H3. The molecule has 76 valence electrons. The zero-order valence-electron chi connectivity index (χ0n) is 7.64. The molecule has 6 nitrogen and oxygen atoms in total. The molecular weight excluding hydrogens is 188 g/mol. The molecule has 0 aliphatic rings. The number of aliphatic hydroxyl groups is 1. The van der Waals surface area contributed by atoms with Gasteiger partial charge in [0.05, 0.1) is 17.7 Å². The van der Waals surface area contributed by atoms with E-state index in [4.69, 9.17) is 5.11 Å². The first-order chi connectivity index (χ1) is 6.56. The van der Waals surface area contributed by atoms with E-state index in [2.05, 4.69) is 0 Å². The van der Waals surface area contributed by atoms with Crippen molar-refractivity contribution >= 4 is 5.69 Å². The van der Waals surface area contributed by atoms with E-state index in [-0.39, 0.29) is 24.4 Å². The molecule has 0 aromatic carbocycles. The molecule has 1 rings (SSSR count). The lowest BCUT2D eigenvalue weighted by atomic mass is 10.3. The van der Waals surface area contributed by atoms with Gasteiger partial charge in [-0.25, -0.2) is 0 Å². The predicted octanol–water partition coefficient (Wildman–Crippen LogP) is 0.0572. The maximum Gasteiger partial charge on any atom is 0.286 e. The van der Waals surface area contributed by atoms with Gasteiger partial charge in [0.1, 0.15) is 0 Å². The first kappa shape index (κ1) is 10.4. The van der Waals surface area contributed by atoms with E-state index >= 15 is 0 Å². The largest absolute Gasteiger partial charge is 0.395 e. The monoisotopic (exact) mass is 198 g/mol. The maximum atomic E-state index is 11.4. The van der Waals surface area contributed by atoms with E-state index in [1.54, 1.807) is 0 Å². The lowest BCUT2D eigenvalue weighted by molar-refractivity contribution is -0.385. The Labute approximate surface area is 79.6 Å². The third-order valence-electron chi connectivity index (χ3n) is 1.80. The summed E-state index contributed by atoms with van der Waals surface area (Å²) < 4.78 is 1.13. The topological polar surface area (TPSA) is 85.4 Å². The van der Waals surface area contributed by atoms with Crippen LogP contribution in [-0.4, -0.2) is 21.2 Å². The second kappa shape index (κ2) is 4.01. The highest BCUT2D eigenvalue weighted by atomic mass is 16.6. The Balaban J connectivity index is 3.28. The summed E-state index contributed by atoms with van der Waals surface area (Å²) in [6.07, 6.45) is 1.13. The molecule has 0 spiro atoms. The second-order valence-corrected chi connectivity index (χ2v) is 2.86. The van der Waals surface area contributed by atoms with Gasteiger partial charge in [-0.15, -0.1) is 0 Å². The molecule has 6 heteroatoms. The first-order valence-corrected chi connectivity index (χ1v) is 4.02. The molecule has 0 unspecified atom stereocenters. The van der Waals surface area contributed by atoms with Crippen LogP contribution < -0.4 is 5.56 Å². The molecule has 0 aliphatic carbocycles. The van der Waals surface area contributed by atoms with Crippen molar-refractivity contribution < 1.29 is 10.0 Å². The van der Waals surface area contributed by atoms with E-state index in [0.717, 1.165) is 10.8 Å². The number of rotatable bonds is 3. The summed E-state index contributed by atoms with van der Waals surface area (Å²) in [4.78, 5) is 21.2. The number of hydrogen-bond acceptors (Lipinski definition) is 4. The van der Waals surface area contributed by atoms with Crippen LogP contribution in [0.1, 0.15) is 5.56 Å². The first-order valence-electron chi connectivity index (χ1n) is 4.02. The van der Waals surface area contributed by atoms with Crippen LogP contribution in [-0.2, 0) is 6.54 Å². The number of pyridine rings is 1.